The van der Waals surface area contributed by atoms with Gasteiger partial charge in [0.1, 0.15) is 6.10 Å². The lowest BCUT2D eigenvalue weighted by Crippen LogP contribution is -2.48. The highest BCUT2D eigenvalue weighted by atomic mass is 19.1. The minimum Gasteiger partial charge on any atom is -0.378 e. The van der Waals surface area contributed by atoms with Gasteiger partial charge in [-0.05, 0) is 6.92 Å². The Hall–Kier alpha value is -0.450. The van der Waals surface area contributed by atoms with E-state index in [-0.39, 0.29) is 24.7 Å². The maximum Gasteiger partial charge on any atom is 0.201 e. The molecule has 1 aliphatic heterocycles. The number of alkyl halides is 1. The molecule has 0 saturated carbocycles. The van der Waals surface area contributed by atoms with Gasteiger partial charge in [0.15, 0.2) is 0 Å². The van der Waals surface area contributed by atoms with Crippen LogP contribution in [0.2, 0.25) is 0 Å². The summed E-state index contributed by atoms with van der Waals surface area (Å²) in [4.78, 5) is 0. The summed E-state index contributed by atoms with van der Waals surface area (Å²) < 4.78 is 28.6. The summed E-state index contributed by atoms with van der Waals surface area (Å²) in [5, 5.41) is 0. The maximum absolute atomic E-state index is 13.0. The molecule has 1 saturated heterocycles. The molecule has 1 unspecified atom stereocenters. The zero-order chi connectivity index (χ0) is 10.6. The van der Waals surface area contributed by atoms with Gasteiger partial charge >= 0.3 is 0 Å². The van der Waals surface area contributed by atoms with E-state index in [4.69, 9.17) is 14.2 Å². The van der Waals surface area contributed by atoms with Gasteiger partial charge in [-0.1, -0.05) is 6.08 Å². The normalized spacial score (nSPS) is 38.2. The smallest absolute Gasteiger partial charge is 0.201 e. The Morgan fingerprint density at radius 3 is 2.93 bits per heavy atom. The van der Waals surface area contributed by atoms with Crippen LogP contribution in [0, 0.1) is 0 Å². The molecule has 1 heterocycles. The van der Waals surface area contributed by atoms with E-state index >= 15 is 0 Å². The fourth-order valence-electron chi connectivity index (χ4n) is 1.64. The van der Waals surface area contributed by atoms with E-state index in [1.54, 1.807) is 20.1 Å². The molecule has 0 aromatic heterocycles. The average Bonchev–Trinajstić information content (AvgIpc) is 2.15. The fraction of sp³-hybridized carbons (Fsp3) is 0.800. The van der Waals surface area contributed by atoms with Crippen LogP contribution in [0.4, 0.5) is 4.39 Å². The van der Waals surface area contributed by atoms with Gasteiger partial charge < -0.3 is 14.2 Å². The highest BCUT2D eigenvalue weighted by Crippen LogP contribution is 2.25. The molecule has 0 spiro atoms. The molecule has 82 valence electrons. The summed E-state index contributed by atoms with van der Waals surface area (Å²) in [5.74, 6) is 0. The van der Waals surface area contributed by atoms with Crippen LogP contribution in [0.5, 0.6) is 0 Å². The molecule has 14 heavy (non-hydrogen) atoms. The third kappa shape index (κ3) is 2.77. The third-order valence-electron chi connectivity index (χ3n) is 2.32. The molecule has 0 aliphatic carbocycles. The largest absolute Gasteiger partial charge is 0.378 e. The number of hydrogen-bond acceptors (Lipinski definition) is 3. The van der Waals surface area contributed by atoms with Crippen LogP contribution >= 0.6 is 0 Å². The van der Waals surface area contributed by atoms with E-state index in [0.29, 0.717) is 6.61 Å². The molecule has 3 nitrogen and oxygen atoms in total. The molecule has 0 aromatic carbocycles. The molecule has 1 rings (SSSR count). The minimum atomic E-state index is -1.25. The maximum atomic E-state index is 13.0. The van der Waals surface area contributed by atoms with Crippen LogP contribution < -0.4 is 0 Å². The number of methoxy groups -OCH3 is 1. The van der Waals surface area contributed by atoms with Crippen molar-refractivity contribution in [1.82, 2.24) is 0 Å². The highest BCUT2D eigenvalue weighted by molar-refractivity contribution is 4.83. The summed E-state index contributed by atoms with van der Waals surface area (Å²) in [6.07, 6.45) is -0.121. The fourth-order valence-corrected chi connectivity index (χ4v) is 1.64. The number of rotatable bonds is 4. The summed E-state index contributed by atoms with van der Waals surface area (Å²) in [6, 6.07) is 0. The molecule has 1 aliphatic rings. The number of ether oxygens (including phenoxy) is 3. The SMILES string of the molecule is C=CCO[C@H]1[C@H](C)OC(F)C[C@@H]1OC. The van der Waals surface area contributed by atoms with E-state index < -0.39 is 6.36 Å². The second-order valence-electron chi connectivity index (χ2n) is 3.35. The van der Waals surface area contributed by atoms with Gasteiger partial charge in [-0.2, -0.15) is 0 Å². The molecular weight excluding hydrogens is 187 g/mol. The molecule has 0 bridgehead atoms. The Labute approximate surface area is 83.8 Å². The quantitative estimate of drug-likeness (QED) is 0.652. The van der Waals surface area contributed by atoms with Gasteiger partial charge in [0.2, 0.25) is 6.36 Å². The first-order valence-electron chi connectivity index (χ1n) is 4.73. The van der Waals surface area contributed by atoms with Crippen molar-refractivity contribution < 1.29 is 18.6 Å². The number of hydrogen-bond donors (Lipinski definition) is 0. The van der Waals surface area contributed by atoms with Crippen LogP contribution in [-0.4, -0.2) is 38.4 Å². The predicted octanol–water partition coefficient (Wildman–Crippen LogP) is 1.68. The van der Waals surface area contributed by atoms with Crippen LogP contribution in [0.25, 0.3) is 0 Å². The zero-order valence-corrected chi connectivity index (χ0v) is 8.61. The standard InChI is InChI=1S/C10H17FO3/c1-4-5-13-10-7(2)14-9(11)6-8(10)12-3/h4,7-10H,1,5-6H2,2-3H3/t7-,8-,9?,10-/m0/s1. The van der Waals surface area contributed by atoms with Gasteiger partial charge in [-0.25, -0.2) is 4.39 Å². The Morgan fingerprint density at radius 2 is 2.36 bits per heavy atom. The van der Waals surface area contributed by atoms with E-state index in [0.717, 1.165) is 0 Å². The monoisotopic (exact) mass is 204 g/mol. The lowest BCUT2D eigenvalue weighted by molar-refractivity contribution is -0.216. The minimum absolute atomic E-state index is 0.218. The second-order valence-corrected chi connectivity index (χ2v) is 3.35. The first-order chi connectivity index (χ1) is 6.69. The Morgan fingerprint density at radius 1 is 1.64 bits per heavy atom. The summed E-state index contributed by atoms with van der Waals surface area (Å²) in [5.41, 5.74) is 0. The van der Waals surface area contributed by atoms with Crippen molar-refractivity contribution in [2.24, 2.45) is 0 Å². The Bertz CT molecular complexity index is 186. The topological polar surface area (TPSA) is 27.7 Å². The molecule has 0 amide bonds. The van der Waals surface area contributed by atoms with E-state index in [9.17, 15) is 4.39 Å². The summed E-state index contributed by atoms with van der Waals surface area (Å²) >= 11 is 0. The predicted molar refractivity (Wildman–Crippen MR) is 50.8 cm³/mol. The molecule has 4 heteroatoms. The second kappa shape index (κ2) is 5.44. The zero-order valence-electron chi connectivity index (χ0n) is 8.61. The summed E-state index contributed by atoms with van der Waals surface area (Å²) in [6.45, 7) is 5.76. The van der Waals surface area contributed by atoms with Crippen LogP contribution in [-0.2, 0) is 14.2 Å². The van der Waals surface area contributed by atoms with Gasteiger partial charge in [-0.3, -0.25) is 0 Å². The van der Waals surface area contributed by atoms with Gasteiger partial charge in [0.05, 0.1) is 18.8 Å². The molecular formula is C10H17FO3. The Kier molecular flexibility index (Phi) is 4.51. The lowest BCUT2D eigenvalue weighted by Gasteiger charge is -2.36. The number of halogens is 1. The van der Waals surface area contributed by atoms with Crippen molar-refractivity contribution in [2.45, 2.75) is 38.0 Å². The van der Waals surface area contributed by atoms with Gasteiger partial charge in [0.25, 0.3) is 0 Å². The molecule has 1 fully saturated rings. The highest BCUT2D eigenvalue weighted by Gasteiger charge is 2.37. The van der Waals surface area contributed by atoms with Crippen molar-refractivity contribution >= 4 is 0 Å². The van der Waals surface area contributed by atoms with Gasteiger partial charge in [0, 0.05) is 13.5 Å². The van der Waals surface area contributed by atoms with Crippen LogP contribution in [0.3, 0.4) is 0 Å². The van der Waals surface area contributed by atoms with E-state index in [2.05, 4.69) is 6.58 Å². The van der Waals surface area contributed by atoms with Crippen molar-refractivity contribution in [2.75, 3.05) is 13.7 Å². The molecule has 0 radical (unpaired) electrons. The molecule has 0 aromatic rings. The van der Waals surface area contributed by atoms with Crippen LogP contribution in [0.15, 0.2) is 12.7 Å². The first kappa shape index (κ1) is 11.6. The molecule has 0 N–H and O–H groups in total. The average molecular weight is 204 g/mol. The van der Waals surface area contributed by atoms with Crippen LogP contribution in [0.1, 0.15) is 13.3 Å². The lowest BCUT2D eigenvalue weighted by atomic mass is 10.0. The van der Waals surface area contributed by atoms with E-state index in [1.807, 2.05) is 0 Å². The van der Waals surface area contributed by atoms with Crippen molar-refractivity contribution in [1.29, 1.82) is 0 Å². The third-order valence-corrected chi connectivity index (χ3v) is 2.32. The summed E-state index contributed by atoms with van der Waals surface area (Å²) in [7, 11) is 1.56. The van der Waals surface area contributed by atoms with E-state index in [1.165, 1.54) is 0 Å². The Balaban J connectivity index is 2.53. The molecule has 4 atom stereocenters. The van der Waals surface area contributed by atoms with Crippen molar-refractivity contribution in [3.8, 4) is 0 Å². The van der Waals surface area contributed by atoms with Crippen molar-refractivity contribution in [3.63, 3.8) is 0 Å². The van der Waals surface area contributed by atoms with Gasteiger partial charge in [-0.15, -0.1) is 6.58 Å². The first-order valence-corrected chi connectivity index (χ1v) is 4.73. The van der Waals surface area contributed by atoms with Crippen molar-refractivity contribution in [3.05, 3.63) is 12.7 Å².